The van der Waals surface area contributed by atoms with Crippen LogP contribution < -0.4 is 5.32 Å². The fourth-order valence-electron chi connectivity index (χ4n) is 2.26. The van der Waals surface area contributed by atoms with Crippen LogP contribution in [0.3, 0.4) is 0 Å². The SMILES string of the molecule is Cc1ccc(-c2nc(CCNC(=O)/C=C/c3ccccn3)co2)cc1. The summed E-state index contributed by atoms with van der Waals surface area (Å²) in [5, 5.41) is 2.82. The highest BCUT2D eigenvalue weighted by molar-refractivity contribution is 5.91. The Hall–Kier alpha value is -3.21. The molecule has 5 heteroatoms. The van der Waals surface area contributed by atoms with E-state index >= 15 is 0 Å². The maximum atomic E-state index is 11.8. The zero-order chi connectivity index (χ0) is 17.5. The first kappa shape index (κ1) is 16.6. The number of aromatic nitrogens is 2. The molecular weight excluding hydrogens is 314 g/mol. The topological polar surface area (TPSA) is 68.0 Å². The Morgan fingerprint density at radius 3 is 2.80 bits per heavy atom. The Morgan fingerprint density at radius 1 is 1.20 bits per heavy atom. The van der Waals surface area contributed by atoms with Gasteiger partial charge in [0.2, 0.25) is 11.8 Å². The molecule has 25 heavy (non-hydrogen) atoms. The van der Waals surface area contributed by atoms with E-state index in [1.165, 1.54) is 11.6 Å². The monoisotopic (exact) mass is 333 g/mol. The average molecular weight is 333 g/mol. The van der Waals surface area contributed by atoms with Crippen LogP contribution in [-0.4, -0.2) is 22.4 Å². The number of rotatable bonds is 6. The van der Waals surface area contributed by atoms with Gasteiger partial charge in [-0.3, -0.25) is 9.78 Å². The van der Waals surface area contributed by atoms with Gasteiger partial charge in [-0.05, 0) is 37.3 Å². The molecule has 2 aromatic heterocycles. The van der Waals surface area contributed by atoms with Crippen molar-refractivity contribution in [1.82, 2.24) is 15.3 Å². The van der Waals surface area contributed by atoms with E-state index in [1.54, 1.807) is 18.5 Å². The molecule has 0 fully saturated rings. The predicted octanol–water partition coefficient (Wildman–Crippen LogP) is 3.42. The quantitative estimate of drug-likeness (QED) is 0.702. The second-order valence-electron chi connectivity index (χ2n) is 5.64. The van der Waals surface area contributed by atoms with Crippen LogP contribution in [0.1, 0.15) is 17.0 Å². The number of carbonyl (C=O) groups excluding carboxylic acids is 1. The third-order valence-corrected chi connectivity index (χ3v) is 3.62. The van der Waals surface area contributed by atoms with Crippen molar-refractivity contribution in [2.45, 2.75) is 13.3 Å². The minimum Gasteiger partial charge on any atom is -0.444 e. The van der Waals surface area contributed by atoms with Gasteiger partial charge in [-0.25, -0.2) is 4.98 Å². The third kappa shape index (κ3) is 4.88. The zero-order valence-corrected chi connectivity index (χ0v) is 14.0. The molecule has 3 aromatic rings. The van der Waals surface area contributed by atoms with Crippen molar-refractivity contribution in [3.05, 3.63) is 78.0 Å². The van der Waals surface area contributed by atoms with Crippen LogP contribution in [0.4, 0.5) is 0 Å². The number of nitrogens with one attached hydrogen (secondary N) is 1. The van der Waals surface area contributed by atoms with Gasteiger partial charge in [0.1, 0.15) is 6.26 Å². The Balaban J connectivity index is 1.48. The van der Waals surface area contributed by atoms with E-state index in [4.69, 9.17) is 4.42 Å². The van der Waals surface area contributed by atoms with Crippen molar-refractivity contribution in [1.29, 1.82) is 0 Å². The molecule has 0 saturated heterocycles. The molecule has 1 N–H and O–H groups in total. The summed E-state index contributed by atoms with van der Waals surface area (Å²) in [7, 11) is 0. The van der Waals surface area contributed by atoms with E-state index in [9.17, 15) is 4.79 Å². The second-order valence-corrected chi connectivity index (χ2v) is 5.64. The number of carbonyl (C=O) groups is 1. The van der Waals surface area contributed by atoms with Crippen molar-refractivity contribution in [2.24, 2.45) is 0 Å². The first-order valence-electron chi connectivity index (χ1n) is 8.09. The van der Waals surface area contributed by atoms with Crippen LogP contribution in [0, 0.1) is 6.92 Å². The van der Waals surface area contributed by atoms with Gasteiger partial charge in [0, 0.05) is 30.8 Å². The molecular formula is C20H19N3O2. The number of benzene rings is 1. The lowest BCUT2D eigenvalue weighted by molar-refractivity contribution is -0.116. The maximum Gasteiger partial charge on any atom is 0.244 e. The summed E-state index contributed by atoms with van der Waals surface area (Å²) in [5.74, 6) is 0.435. The molecule has 126 valence electrons. The summed E-state index contributed by atoms with van der Waals surface area (Å²) in [6.07, 6.45) is 7.08. The van der Waals surface area contributed by atoms with Gasteiger partial charge in [-0.2, -0.15) is 0 Å². The molecule has 1 aromatic carbocycles. The summed E-state index contributed by atoms with van der Waals surface area (Å²) in [6.45, 7) is 2.53. The molecule has 0 bridgehead atoms. The summed E-state index contributed by atoms with van der Waals surface area (Å²) in [5.41, 5.74) is 3.69. The summed E-state index contributed by atoms with van der Waals surface area (Å²) in [6, 6.07) is 13.6. The predicted molar refractivity (Wildman–Crippen MR) is 96.7 cm³/mol. The van der Waals surface area contributed by atoms with Crippen LogP contribution in [-0.2, 0) is 11.2 Å². The fraction of sp³-hybridized carbons (Fsp3) is 0.150. The van der Waals surface area contributed by atoms with Crippen molar-refractivity contribution in [3.8, 4) is 11.5 Å². The van der Waals surface area contributed by atoms with E-state index in [0.29, 0.717) is 18.9 Å². The van der Waals surface area contributed by atoms with Gasteiger partial charge in [0.15, 0.2) is 0 Å². The van der Waals surface area contributed by atoms with Crippen LogP contribution in [0.2, 0.25) is 0 Å². The molecule has 5 nitrogen and oxygen atoms in total. The van der Waals surface area contributed by atoms with Crippen molar-refractivity contribution >= 4 is 12.0 Å². The lowest BCUT2D eigenvalue weighted by atomic mass is 10.1. The Bertz CT molecular complexity index is 852. The molecule has 0 atom stereocenters. The number of amides is 1. The van der Waals surface area contributed by atoms with E-state index in [2.05, 4.69) is 15.3 Å². The Morgan fingerprint density at radius 2 is 2.04 bits per heavy atom. The van der Waals surface area contributed by atoms with Crippen molar-refractivity contribution in [2.75, 3.05) is 6.54 Å². The van der Waals surface area contributed by atoms with E-state index in [-0.39, 0.29) is 5.91 Å². The molecule has 3 rings (SSSR count). The molecule has 0 unspecified atom stereocenters. The maximum absolute atomic E-state index is 11.8. The highest BCUT2D eigenvalue weighted by Crippen LogP contribution is 2.19. The average Bonchev–Trinajstić information content (AvgIpc) is 3.10. The Kier molecular flexibility index (Phi) is 5.36. The Labute approximate surface area is 146 Å². The number of pyridine rings is 1. The van der Waals surface area contributed by atoms with E-state index in [1.807, 2.05) is 49.4 Å². The summed E-state index contributed by atoms with van der Waals surface area (Å²) < 4.78 is 5.51. The van der Waals surface area contributed by atoms with E-state index < -0.39 is 0 Å². The van der Waals surface area contributed by atoms with Gasteiger partial charge < -0.3 is 9.73 Å². The number of nitrogens with zero attached hydrogens (tertiary/aromatic N) is 2. The van der Waals surface area contributed by atoms with Crippen molar-refractivity contribution < 1.29 is 9.21 Å². The number of hydrogen-bond acceptors (Lipinski definition) is 4. The zero-order valence-electron chi connectivity index (χ0n) is 14.0. The summed E-state index contributed by atoms with van der Waals surface area (Å²) >= 11 is 0. The number of hydrogen-bond donors (Lipinski definition) is 1. The standard InChI is InChI=1S/C20H19N3O2/c1-15-5-7-16(8-6-15)20-23-18(14-25-20)11-13-22-19(24)10-9-17-4-2-3-12-21-17/h2-10,12,14H,11,13H2,1H3,(H,22,24)/b10-9+. The molecule has 0 spiro atoms. The third-order valence-electron chi connectivity index (χ3n) is 3.62. The second kappa shape index (κ2) is 8.06. The normalized spacial score (nSPS) is 10.9. The van der Waals surface area contributed by atoms with Crippen LogP contribution >= 0.6 is 0 Å². The first-order valence-corrected chi connectivity index (χ1v) is 8.09. The number of aryl methyl sites for hydroxylation is 1. The highest BCUT2D eigenvalue weighted by Gasteiger charge is 2.06. The smallest absolute Gasteiger partial charge is 0.244 e. The van der Waals surface area contributed by atoms with E-state index in [0.717, 1.165) is 17.0 Å². The largest absolute Gasteiger partial charge is 0.444 e. The van der Waals surface area contributed by atoms with Crippen LogP contribution in [0.15, 0.2) is 65.4 Å². The molecule has 2 heterocycles. The molecule has 0 aliphatic heterocycles. The number of oxazole rings is 1. The minimum atomic E-state index is -0.159. The molecule has 0 radical (unpaired) electrons. The highest BCUT2D eigenvalue weighted by atomic mass is 16.3. The lowest BCUT2D eigenvalue weighted by Gasteiger charge is -1.99. The van der Waals surface area contributed by atoms with Crippen LogP contribution in [0.25, 0.3) is 17.5 Å². The summed E-state index contributed by atoms with van der Waals surface area (Å²) in [4.78, 5) is 20.4. The minimum absolute atomic E-state index is 0.159. The van der Waals surface area contributed by atoms with Gasteiger partial charge in [0.25, 0.3) is 0 Å². The first-order chi connectivity index (χ1) is 12.2. The van der Waals surface area contributed by atoms with Crippen molar-refractivity contribution in [3.63, 3.8) is 0 Å². The van der Waals surface area contributed by atoms with Gasteiger partial charge in [0.05, 0.1) is 11.4 Å². The molecule has 0 aliphatic carbocycles. The lowest BCUT2D eigenvalue weighted by Crippen LogP contribution is -2.23. The fourth-order valence-corrected chi connectivity index (χ4v) is 2.26. The van der Waals surface area contributed by atoms with Gasteiger partial charge >= 0.3 is 0 Å². The van der Waals surface area contributed by atoms with Gasteiger partial charge in [-0.15, -0.1) is 0 Å². The van der Waals surface area contributed by atoms with Gasteiger partial charge in [-0.1, -0.05) is 23.8 Å². The van der Waals surface area contributed by atoms with Crippen LogP contribution in [0.5, 0.6) is 0 Å². The molecule has 0 saturated carbocycles. The molecule has 0 aliphatic rings. The molecule has 1 amide bonds.